The molecule has 0 aliphatic heterocycles. The van der Waals surface area contributed by atoms with Crippen molar-refractivity contribution in [3.8, 4) is 0 Å². The molecule has 2 aromatic rings. The fourth-order valence-electron chi connectivity index (χ4n) is 1.98. The van der Waals surface area contributed by atoms with Crippen molar-refractivity contribution in [1.29, 1.82) is 0 Å². The van der Waals surface area contributed by atoms with E-state index in [1.165, 1.54) is 11.1 Å². The number of benzene rings is 1. The second-order valence-corrected chi connectivity index (χ2v) is 5.80. The third-order valence-corrected chi connectivity index (χ3v) is 2.88. The molecule has 0 radical (unpaired) electrons. The summed E-state index contributed by atoms with van der Waals surface area (Å²) in [5.41, 5.74) is 10.6. The van der Waals surface area contributed by atoms with Crippen LogP contribution in [0.2, 0.25) is 0 Å². The number of hydrogen-bond acceptors (Lipinski definition) is 2. The molecule has 1 aromatic carbocycles. The summed E-state index contributed by atoms with van der Waals surface area (Å²) in [5, 5.41) is 6.71. The number of H-pyrrole nitrogens is 1. The highest BCUT2D eigenvalue weighted by Crippen LogP contribution is 2.25. The van der Waals surface area contributed by atoms with E-state index in [0.717, 1.165) is 11.4 Å². The second-order valence-electron chi connectivity index (χ2n) is 5.80. The molecule has 0 aliphatic carbocycles. The van der Waals surface area contributed by atoms with Crippen molar-refractivity contribution < 1.29 is 0 Å². The van der Waals surface area contributed by atoms with E-state index in [1.54, 1.807) is 0 Å². The van der Waals surface area contributed by atoms with Crippen molar-refractivity contribution >= 4 is 0 Å². The average Bonchev–Trinajstić information content (AvgIpc) is 2.73. The lowest BCUT2D eigenvalue weighted by Gasteiger charge is -2.22. The second kappa shape index (κ2) is 6.53. The first kappa shape index (κ1) is 15.4. The Hall–Kier alpha value is -1.61. The largest absolute Gasteiger partial charge is 0.326 e. The molecule has 0 aliphatic rings. The molecular weight excluding hydrogens is 234 g/mol. The van der Waals surface area contributed by atoms with Gasteiger partial charge in [0.2, 0.25) is 0 Å². The minimum absolute atomic E-state index is 0.204. The summed E-state index contributed by atoms with van der Waals surface area (Å²) >= 11 is 0. The number of nitrogens with zero attached hydrogens (tertiary/aromatic N) is 1. The molecule has 0 spiro atoms. The highest BCUT2D eigenvalue weighted by atomic mass is 15.1. The molecule has 1 aromatic heterocycles. The van der Waals surface area contributed by atoms with Crippen LogP contribution in [0.25, 0.3) is 0 Å². The quantitative estimate of drug-likeness (QED) is 0.824. The van der Waals surface area contributed by atoms with Gasteiger partial charge >= 0.3 is 0 Å². The number of rotatable bonds is 1. The number of nitrogens with two attached hydrogens (primary N) is 1. The Morgan fingerprint density at radius 3 is 2.11 bits per heavy atom. The fraction of sp³-hybridized carbons (Fsp3) is 0.438. The molecule has 19 heavy (non-hydrogen) atoms. The molecule has 3 nitrogen and oxygen atoms in total. The Kier molecular flexibility index (Phi) is 5.31. The van der Waals surface area contributed by atoms with Gasteiger partial charge in [0.1, 0.15) is 0 Å². The van der Waals surface area contributed by atoms with E-state index in [2.05, 4.69) is 49.2 Å². The Morgan fingerprint density at radius 1 is 1.16 bits per heavy atom. The van der Waals surface area contributed by atoms with Gasteiger partial charge in [0, 0.05) is 12.2 Å². The van der Waals surface area contributed by atoms with Gasteiger partial charge in [-0.25, -0.2) is 0 Å². The summed E-state index contributed by atoms with van der Waals surface area (Å²) in [6, 6.07) is 10.4. The maximum absolute atomic E-state index is 5.65. The van der Waals surface area contributed by atoms with Gasteiger partial charge in [0.15, 0.2) is 0 Å². The Labute approximate surface area is 116 Å². The van der Waals surface area contributed by atoms with Crippen LogP contribution in [0.15, 0.2) is 30.3 Å². The standard InChI is InChI=1S/C11H17N.C5H8N2/c1-11(2,3)10-7-5-4-6-9(10)8-12;1-4-3-5(2)7-6-4/h4-7H,8,12H2,1-3H3;3H,1-2H3,(H,6,7). The van der Waals surface area contributed by atoms with E-state index < -0.39 is 0 Å². The molecule has 3 N–H and O–H groups in total. The van der Waals surface area contributed by atoms with Crippen LogP contribution < -0.4 is 5.73 Å². The van der Waals surface area contributed by atoms with Crippen LogP contribution in [-0.2, 0) is 12.0 Å². The first-order valence-corrected chi connectivity index (χ1v) is 6.61. The van der Waals surface area contributed by atoms with Crippen molar-refractivity contribution in [2.45, 2.75) is 46.6 Å². The zero-order valence-corrected chi connectivity index (χ0v) is 12.6. The van der Waals surface area contributed by atoms with Crippen LogP contribution in [0.4, 0.5) is 0 Å². The first-order chi connectivity index (χ1) is 8.84. The maximum Gasteiger partial charge on any atom is 0.0593 e. The van der Waals surface area contributed by atoms with Crippen molar-refractivity contribution in [3.63, 3.8) is 0 Å². The number of aromatic nitrogens is 2. The van der Waals surface area contributed by atoms with Gasteiger partial charge in [-0.15, -0.1) is 0 Å². The highest BCUT2D eigenvalue weighted by Gasteiger charge is 2.15. The molecule has 0 unspecified atom stereocenters. The Morgan fingerprint density at radius 2 is 1.79 bits per heavy atom. The van der Waals surface area contributed by atoms with Crippen LogP contribution in [0.5, 0.6) is 0 Å². The molecule has 0 fully saturated rings. The predicted octanol–water partition coefficient (Wildman–Crippen LogP) is 3.47. The van der Waals surface area contributed by atoms with Gasteiger partial charge in [-0.05, 0) is 36.5 Å². The van der Waals surface area contributed by atoms with E-state index in [4.69, 9.17) is 5.73 Å². The molecule has 0 bridgehead atoms. The summed E-state index contributed by atoms with van der Waals surface area (Å²) in [5.74, 6) is 0. The topological polar surface area (TPSA) is 54.7 Å². The van der Waals surface area contributed by atoms with E-state index in [9.17, 15) is 0 Å². The smallest absolute Gasteiger partial charge is 0.0593 e. The van der Waals surface area contributed by atoms with E-state index in [1.807, 2.05) is 26.0 Å². The minimum atomic E-state index is 0.204. The van der Waals surface area contributed by atoms with Crippen molar-refractivity contribution in [2.24, 2.45) is 5.73 Å². The molecule has 1 heterocycles. The van der Waals surface area contributed by atoms with Crippen molar-refractivity contribution in [3.05, 3.63) is 52.8 Å². The summed E-state index contributed by atoms with van der Waals surface area (Å²) in [4.78, 5) is 0. The average molecular weight is 259 g/mol. The van der Waals surface area contributed by atoms with Gasteiger partial charge in [-0.3, -0.25) is 5.10 Å². The van der Waals surface area contributed by atoms with Crippen LogP contribution in [0.1, 0.15) is 43.3 Å². The monoisotopic (exact) mass is 259 g/mol. The van der Waals surface area contributed by atoms with Crippen LogP contribution in [0.3, 0.4) is 0 Å². The summed E-state index contributed by atoms with van der Waals surface area (Å²) in [6.45, 7) is 11.2. The molecule has 104 valence electrons. The molecule has 3 heteroatoms. The number of nitrogens with one attached hydrogen (secondary N) is 1. The zero-order valence-electron chi connectivity index (χ0n) is 12.6. The van der Waals surface area contributed by atoms with Crippen LogP contribution in [-0.4, -0.2) is 10.2 Å². The summed E-state index contributed by atoms with van der Waals surface area (Å²) in [6.07, 6.45) is 0. The van der Waals surface area contributed by atoms with Crippen LogP contribution in [0, 0.1) is 13.8 Å². The van der Waals surface area contributed by atoms with Crippen molar-refractivity contribution in [1.82, 2.24) is 10.2 Å². The van der Waals surface area contributed by atoms with E-state index in [0.29, 0.717) is 6.54 Å². The lowest BCUT2D eigenvalue weighted by Crippen LogP contribution is -2.15. The Balaban J connectivity index is 0.000000218. The lowest BCUT2D eigenvalue weighted by atomic mass is 9.84. The number of aromatic amines is 1. The summed E-state index contributed by atoms with van der Waals surface area (Å²) < 4.78 is 0. The Bertz CT molecular complexity index is 490. The van der Waals surface area contributed by atoms with E-state index in [-0.39, 0.29) is 5.41 Å². The van der Waals surface area contributed by atoms with Crippen LogP contribution >= 0.6 is 0 Å². The van der Waals surface area contributed by atoms with Gasteiger partial charge in [0.05, 0.1) is 5.69 Å². The molecular formula is C16H25N3. The molecule has 0 atom stereocenters. The lowest BCUT2D eigenvalue weighted by molar-refractivity contribution is 0.582. The van der Waals surface area contributed by atoms with Gasteiger partial charge in [0.25, 0.3) is 0 Å². The predicted molar refractivity (Wildman–Crippen MR) is 81.1 cm³/mol. The fourth-order valence-corrected chi connectivity index (χ4v) is 1.98. The number of hydrogen-bond donors (Lipinski definition) is 2. The first-order valence-electron chi connectivity index (χ1n) is 6.61. The SMILES string of the molecule is CC(C)(C)c1ccccc1CN.Cc1cc(C)[nH]n1. The normalized spacial score (nSPS) is 10.8. The highest BCUT2D eigenvalue weighted by molar-refractivity contribution is 5.32. The zero-order chi connectivity index (χ0) is 14.5. The van der Waals surface area contributed by atoms with Gasteiger partial charge in [-0.2, -0.15) is 5.10 Å². The van der Waals surface area contributed by atoms with E-state index >= 15 is 0 Å². The number of aryl methyl sites for hydroxylation is 2. The molecule has 0 amide bonds. The van der Waals surface area contributed by atoms with Gasteiger partial charge < -0.3 is 5.73 Å². The van der Waals surface area contributed by atoms with Crippen molar-refractivity contribution in [2.75, 3.05) is 0 Å². The maximum atomic E-state index is 5.65. The molecule has 2 rings (SSSR count). The molecule has 0 saturated carbocycles. The third kappa shape index (κ3) is 4.87. The van der Waals surface area contributed by atoms with Gasteiger partial charge in [-0.1, -0.05) is 45.0 Å². The summed E-state index contributed by atoms with van der Waals surface area (Å²) in [7, 11) is 0. The minimum Gasteiger partial charge on any atom is -0.326 e. The third-order valence-electron chi connectivity index (χ3n) is 2.88. The molecule has 0 saturated heterocycles.